The average molecular weight is 127 g/mol. The van der Waals surface area contributed by atoms with Crippen LogP contribution in [0.15, 0.2) is 4.99 Å². The van der Waals surface area contributed by atoms with E-state index in [2.05, 4.69) is 4.99 Å². The Balaban J connectivity index is 2.52. The van der Waals surface area contributed by atoms with Crippen molar-refractivity contribution in [3.8, 4) is 0 Å². The van der Waals surface area contributed by atoms with Gasteiger partial charge in [-0.3, -0.25) is 4.99 Å². The second-order valence-corrected chi connectivity index (χ2v) is 2.98. The van der Waals surface area contributed by atoms with Crippen molar-refractivity contribution in [1.82, 2.24) is 0 Å². The summed E-state index contributed by atoms with van der Waals surface area (Å²) >= 11 is 0. The van der Waals surface area contributed by atoms with E-state index in [1.807, 2.05) is 13.8 Å². The molecule has 1 saturated carbocycles. The fraction of sp³-hybridized carbons (Fsp3) is 0.857. The van der Waals surface area contributed by atoms with Gasteiger partial charge in [-0.05, 0) is 20.3 Å². The fourth-order valence-electron chi connectivity index (χ4n) is 1.11. The molecular formula is C7H13NO. The highest BCUT2D eigenvalue weighted by atomic mass is 16.3. The molecule has 0 aromatic rings. The fourth-order valence-corrected chi connectivity index (χ4v) is 1.11. The minimum atomic E-state index is -0.441. The second-order valence-electron chi connectivity index (χ2n) is 2.98. The molecule has 2 nitrogen and oxygen atoms in total. The van der Waals surface area contributed by atoms with E-state index in [0.717, 1.165) is 12.1 Å². The molecule has 9 heavy (non-hydrogen) atoms. The zero-order valence-electron chi connectivity index (χ0n) is 6.18. The summed E-state index contributed by atoms with van der Waals surface area (Å²) in [6.45, 7) is 3.82. The first-order chi connectivity index (χ1) is 4.08. The van der Waals surface area contributed by atoms with Gasteiger partial charge in [0, 0.05) is 18.7 Å². The molecule has 0 spiro atoms. The van der Waals surface area contributed by atoms with Crippen LogP contribution in [0, 0.1) is 5.92 Å². The Labute approximate surface area is 55.6 Å². The Morgan fingerprint density at radius 3 is 2.33 bits per heavy atom. The normalized spacial score (nSPS) is 43.1. The zero-order valence-corrected chi connectivity index (χ0v) is 6.18. The van der Waals surface area contributed by atoms with E-state index >= 15 is 0 Å². The van der Waals surface area contributed by atoms with Crippen LogP contribution < -0.4 is 0 Å². The minimum Gasteiger partial charge on any atom is -0.389 e. The van der Waals surface area contributed by atoms with Crippen LogP contribution in [0.1, 0.15) is 20.3 Å². The predicted octanol–water partition coefficient (Wildman–Crippen LogP) is 0.848. The van der Waals surface area contributed by atoms with Crippen LogP contribution in [-0.4, -0.2) is 23.5 Å². The smallest absolute Gasteiger partial charge is 0.0708 e. The average Bonchev–Trinajstić information content (AvgIpc) is 2.38. The quantitative estimate of drug-likeness (QED) is 0.520. The summed E-state index contributed by atoms with van der Waals surface area (Å²) in [7, 11) is 1.77. The van der Waals surface area contributed by atoms with E-state index in [9.17, 15) is 5.11 Å². The molecule has 2 heteroatoms. The lowest BCUT2D eigenvalue weighted by Gasteiger charge is -1.99. The number of hydrogen-bond acceptors (Lipinski definition) is 2. The molecule has 1 unspecified atom stereocenters. The molecule has 1 rings (SSSR count). The molecule has 52 valence electrons. The van der Waals surface area contributed by atoms with Crippen LogP contribution in [0.25, 0.3) is 0 Å². The maximum atomic E-state index is 9.31. The van der Waals surface area contributed by atoms with Gasteiger partial charge in [-0.15, -0.1) is 0 Å². The van der Waals surface area contributed by atoms with E-state index in [1.54, 1.807) is 7.05 Å². The lowest BCUT2D eigenvalue weighted by Crippen LogP contribution is -2.09. The molecule has 1 N–H and O–H groups in total. The van der Waals surface area contributed by atoms with Crippen LogP contribution in [0.3, 0.4) is 0 Å². The SMILES string of the molecule is CN=C(C)[C@H]1CC1(C)O. The molecule has 0 radical (unpaired) electrons. The van der Waals surface area contributed by atoms with Gasteiger partial charge in [0.15, 0.2) is 0 Å². The summed E-state index contributed by atoms with van der Waals surface area (Å²) in [5.41, 5.74) is 0.629. The molecule has 0 amide bonds. The number of rotatable bonds is 1. The van der Waals surface area contributed by atoms with E-state index in [1.165, 1.54) is 0 Å². The van der Waals surface area contributed by atoms with Gasteiger partial charge in [0.05, 0.1) is 5.60 Å². The third kappa shape index (κ3) is 1.13. The van der Waals surface area contributed by atoms with E-state index in [-0.39, 0.29) is 0 Å². The van der Waals surface area contributed by atoms with Crippen molar-refractivity contribution in [1.29, 1.82) is 0 Å². The standard InChI is InChI=1S/C7H13NO/c1-5(8-3)6-4-7(6,2)9/h6,9H,4H2,1-3H3/t6-,7?/m1/s1. The van der Waals surface area contributed by atoms with Crippen molar-refractivity contribution in [3.05, 3.63) is 0 Å². The lowest BCUT2D eigenvalue weighted by atomic mass is 10.2. The Morgan fingerprint density at radius 2 is 2.22 bits per heavy atom. The van der Waals surface area contributed by atoms with Crippen LogP contribution in [0.2, 0.25) is 0 Å². The van der Waals surface area contributed by atoms with Gasteiger partial charge in [-0.2, -0.15) is 0 Å². The van der Waals surface area contributed by atoms with Gasteiger partial charge in [0.2, 0.25) is 0 Å². The summed E-state index contributed by atoms with van der Waals surface area (Å²) in [5.74, 6) is 0.336. The summed E-state index contributed by atoms with van der Waals surface area (Å²) < 4.78 is 0. The maximum absolute atomic E-state index is 9.31. The number of aliphatic hydroxyl groups is 1. The Morgan fingerprint density at radius 1 is 1.78 bits per heavy atom. The molecular weight excluding hydrogens is 114 g/mol. The van der Waals surface area contributed by atoms with Gasteiger partial charge in [-0.1, -0.05) is 0 Å². The molecule has 1 aliphatic carbocycles. The van der Waals surface area contributed by atoms with Gasteiger partial charge < -0.3 is 5.11 Å². The first kappa shape index (κ1) is 6.75. The van der Waals surface area contributed by atoms with Crippen LogP contribution in [0.4, 0.5) is 0 Å². The second kappa shape index (κ2) is 1.81. The van der Waals surface area contributed by atoms with Gasteiger partial charge in [-0.25, -0.2) is 0 Å². The Bertz CT molecular complexity index is 149. The van der Waals surface area contributed by atoms with Crippen molar-refractivity contribution in [2.24, 2.45) is 10.9 Å². The topological polar surface area (TPSA) is 32.6 Å². The predicted molar refractivity (Wildman–Crippen MR) is 37.8 cm³/mol. The molecule has 1 aliphatic rings. The zero-order chi connectivity index (χ0) is 7.07. The Hall–Kier alpha value is -0.370. The van der Waals surface area contributed by atoms with Crippen molar-refractivity contribution in [2.45, 2.75) is 25.9 Å². The molecule has 0 bridgehead atoms. The van der Waals surface area contributed by atoms with Crippen molar-refractivity contribution in [3.63, 3.8) is 0 Å². The first-order valence-corrected chi connectivity index (χ1v) is 3.23. The highest BCUT2D eigenvalue weighted by Gasteiger charge is 2.49. The number of aliphatic imine (C=N–C) groups is 1. The van der Waals surface area contributed by atoms with Crippen molar-refractivity contribution >= 4 is 5.71 Å². The molecule has 0 saturated heterocycles. The summed E-state index contributed by atoms with van der Waals surface area (Å²) in [6.07, 6.45) is 0.885. The van der Waals surface area contributed by atoms with E-state index in [0.29, 0.717) is 5.92 Å². The highest BCUT2D eigenvalue weighted by Crippen LogP contribution is 2.43. The molecule has 0 aromatic carbocycles. The molecule has 0 heterocycles. The lowest BCUT2D eigenvalue weighted by molar-refractivity contribution is 0.163. The van der Waals surface area contributed by atoms with Crippen molar-refractivity contribution < 1.29 is 5.11 Å². The molecule has 0 aliphatic heterocycles. The van der Waals surface area contributed by atoms with Crippen LogP contribution >= 0.6 is 0 Å². The van der Waals surface area contributed by atoms with E-state index < -0.39 is 5.60 Å². The van der Waals surface area contributed by atoms with Gasteiger partial charge in [0.25, 0.3) is 0 Å². The third-order valence-electron chi connectivity index (χ3n) is 2.06. The summed E-state index contributed by atoms with van der Waals surface area (Å²) in [4.78, 5) is 4.00. The first-order valence-electron chi connectivity index (χ1n) is 3.23. The van der Waals surface area contributed by atoms with Gasteiger partial charge in [0.1, 0.15) is 0 Å². The number of nitrogens with zero attached hydrogens (tertiary/aromatic N) is 1. The van der Waals surface area contributed by atoms with Crippen LogP contribution in [-0.2, 0) is 0 Å². The molecule has 2 atom stereocenters. The third-order valence-corrected chi connectivity index (χ3v) is 2.06. The highest BCUT2D eigenvalue weighted by molar-refractivity contribution is 5.88. The molecule has 1 fully saturated rings. The van der Waals surface area contributed by atoms with Gasteiger partial charge >= 0.3 is 0 Å². The van der Waals surface area contributed by atoms with Crippen LogP contribution in [0.5, 0.6) is 0 Å². The van der Waals surface area contributed by atoms with E-state index in [4.69, 9.17) is 0 Å². The largest absolute Gasteiger partial charge is 0.389 e. The monoisotopic (exact) mass is 127 g/mol. The van der Waals surface area contributed by atoms with Crippen molar-refractivity contribution in [2.75, 3.05) is 7.05 Å². The Kier molecular flexibility index (Phi) is 1.35. The maximum Gasteiger partial charge on any atom is 0.0708 e. The summed E-state index contributed by atoms with van der Waals surface area (Å²) in [6, 6.07) is 0. The minimum absolute atomic E-state index is 0.336. The summed E-state index contributed by atoms with van der Waals surface area (Å²) in [5, 5.41) is 9.31. The molecule has 0 aromatic heterocycles. The number of hydrogen-bond donors (Lipinski definition) is 1.